The Kier molecular flexibility index (Phi) is 6.36. The zero-order valence-corrected chi connectivity index (χ0v) is 21.5. The van der Waals surface area contributed by atoms with E-state index in [0.717, 1.165) is 22.5 Å². The monoisotopic (exact) mass is 497 g/mol. The summed E-state index contributed by atoms with van der Waals surface area (Å²) in [5, 5.41) is 12.8. The van der Waals surface area contributed by atoms with Crippen LogP contribution in [0.3, 0.4) is 0 Å². The Bertz CT molecular complexity index is 1650. The standard InChI is InChI=1S/C28H27N5O2S/c1-17(2)20-12-14-21(15-13-20)29-25(34)16-36-28-31-30-27-32(23-11-7-8-18(3)19(23)4)26(35)22-9-5-6-10-24(22)33(27)28/h5-15,17H,16H2,1-4H3,(H,29,34). The van der Waals surface area contributed by atoms with E-state index in [-0.39, 0.29) is 17.2 Å². The van der Waals surface area contributed by atoms with Gasteiger partial charge in [-0.25, -0.2) is 4.57 Å². The molecule has 0 aliphatic carbocycles. The first-order chi connectivity index (χ1) is 17.3. The summed E-state index contributed by atoms with van der Waals surface area (Å²) in [6, 6.07) is 21.2. The number of nitrogens with zero attached hydrogens (tertiary/aromatic N) is 4. The third kappa shape index (κ3) is 4.28. The highest BCUT2D eigenvalue weighted by molar-refractivity contribution is 7.99. The summed E-state index contributed by atoms with van der Waals surface area (Å²) in [6.07, 6.45) is 0. The highest BCUT2D eigenvalue weighted by Gasteiger charge is 2.19. The number of hydrogen-bond acceptors (Lipinski definition) is 5. The van der Waals surface area contributed by atoms with Crippen LogP contribution in [0.5, 0.6) is 0 Å². The molecule has 0 bridgehead atoms. The van der Waals surface area contributed by atoms with Gasteiger partial charge in [-0.3, -0.25) is 14.0 Å². The molecule has 0 fully saturated rings. The van der Waals surface area contributed by atoms with Crippen molar-refractivity contribution in [2.24, 2.45) is 0 Å². The Labute approximate surface area is 213 Å². The van der Waals surface area contributed by atoms with Crippen LogP contribution in [0.4, 0.5) is 5.69 Å². The van der Waals surface area contributed by atoms with E-state index in [4.69, 9.17) is 0 Å². The molecule has 8 heteroatoms. The van der Waals surface area contributed by atoms with Gasteiger partial charge in [-0.2, -0.15) is 0 Å². The molecule has 0 aliphatic heterocycles. The summed E-state index contributed by atoms with van der Waals surface area (Å²) in [4.78, 5) is 26.3. The van der Waals surface area contributed by atoms with Crippen molar-refractivity contribution >= 4 is 40.0 Å². The largest absolute Gasteiger partial charge is 0.325 e. The zero-order valence-electron chi connectivity index (χ0n) is 20.6. The van der Waals surface area contributed by atoms with E-state index in [1.54, 1.807) is 10.6 Å². The number of benzene rings is 3. The quantitative estimate of drug-likeness (QED) is 0.313. The SMILES string of the molecule is Cc1cccc(-n2c(=O)c3ccccc3n3c(SCC(=O)Nc4ccc(C(C)C)cc4)nnc23)c1C. The summed E-state index contributed by atoms with van der Waals surface area (Å²) in [7, 11) is 0. The Balaban J connectivity index is 1.51. The van der Waals surface area contributed by atoms with Crippen LogP contribution in [0.25, 0.3) is 22.4 Å². The van der Waals surface area contributed by atoms with E-state index >= 15 is 0 Å². The second-order valence-corrected chi connectivity index (χ2v) is 10.1. The van der Waals surface area contributed by atoms with Gasteiger partial charge in [0.25, 0.3) is 5.56 Å². The van der Waals surface area contributed by atoms with Crippen LogP contribution in [-0.4, -0.2) is 30.8 Å². The van der Waals surface area contributed by atoms with Gasteiger partial charge < -0.3 is 5.32 Å². The first-order valence-corrected chi connectivity index (χ1v) is 12.8. The second-order valence-electron chi connectivity index (χ2n) is 9.11. The van der Waals surface area contributed by atoms with Gasteiger partial charge in [0.05, 0.1) is 22.3 Å². The number of anilines is 1. The lowest BCUT2D eigenvalue weighted by Gasteiger charge is -2.14. The van der Waals surface area contributed by atoms with Gasteiger partial charge >= 0.3 is 0 Å². The molecule has 1 amide bonds. The van der Waals surface area contributed by atoms with Crippen molar-refractivity contribution in [2.75, 3.05) is 11.1 Å². The van der Waals surface area contributed by atoms with Gasteiger partial charge in [-0.05, 0) is 66.8 Å². The minimum atomic E-state index is -0.154. The van der Waals surface area contributed by atoms with Gasteiger partial charge in [0.1, 0.15) is 0 Å². The number of aryl methyl sites for hydroxylation is 1. The van der Waals surface area contributed by atoms with Crippen LogP contribution in [-0.2, 0) is 4.79 Å². The molecule has 0 saturated carbocycles. The first-order valence-electron chi connectivity index (χ1n) is 11.8. The van der Waals surface area contributed by atoms with Gasteiger partial charge in [0.2, 0.25) is 11.7 Å². The van der Waals surface area contributed by atoms with Crippen LogP contribution in [0.1, 0.15) is 36.5 Å². The van der Waals surface area contributed by atoms with E-state index in [1.807, 2.05) is 78.9 Å². The van der Waals surface area contributed by atoms with E-state index in [9.17, 15) is 9.59 Å². The molecular weight excluding hydrogens is 470 g/mol. The molecule has 0 radical (unpaired) electrons. The number of rotatable bonds is 6. The molecule has 0 saturated heterocycles. The predicted molar refractivity (Wildman–Crippen MR) is 145 cm³/mol. The maximum atomic E-state index is 13.6. The van der Waals surface area contributed by atoms with E-state index in [2.05, 4.69) is 29.4 Å². The third-order valence-corrected chi connectivity index (χ3v) is 7.33. The van der Waals surface area contributed by atoms with Crippen LogP contribution in [0, 0.1) is 13.8 Å². The smallest absolute Gasteiger partial charge is 0.267 e. The molecule has 5 aromatic rings. The molecule has 5 rings (SSSR count). The number of hydrogen-bond donors (Lipinski definition) is 1. The zero-order chi connectivity index (χ0) is 25.4. The molecule has 7 nitrogen and oxygen atoms in total. The lowest BCUT2D eigenvalue weighted by molar-refractivity contribution is -0.113. The molecule has 2 aromatic heterocycles. The number of carbonyl (C=O) groups is 1. The van der Waals surface area contributed by atoms with Gasteiger partial charge in [-0.1, -0.05) is 62.0 Å². The summed E-state index contributed by atoms with van der Waals surface area (Å²) >= 11 is 1.29. The molecule has 0 unspecified atom stereocenters. The number of carbonyl (C=O) groups excluding carboxylic acids is 1. The van der Waals surface area contributed by atoms with Crippen LogP contribution in [0.15, 0.2) is 76.7 Å². The van der Waals surface area contributed by atoms with Crippen LogP contribution >= 0.6 is 11.8 Å². The fraction of sp³-hybridized carbons (Fsp3) is 0.214. The van der Waals surface area contributed by atoms with Crippen molar-refractivity contribution in [2.45, 2.75) is 38.8 Å². The molecule has 182 valence electrons. The molecule has 0 spiro atoms. The summed E-state index contributed by atoms with van der Waals surface area (Å²) in [5.41, 5.74) is 5.37. The first kappa shape index (κ1) is 23.8. The normalized spacial score (nSPS) is 11.5. The molecule has 36 heavy (non-hydrogen) atoms. The fourth-order valence-electron chi connectivity index (χ4n) is 4.25. The van der Waals surface area contributed by atoms with E-state index in [1.165, 1.54) is 17.3 Å². The topological polar surface area (TPSA) is 81.3 Å². The van der Waals surface area contributed by atoms with Gasteiger partial charge in [-0.15, -0.1) is 10.2 Å². The number of aromatic nitrogens is 4. The maximum Gasteiger partial charge on any atom is 0.267 e. The average molecular weight is 498 g/mol. The minimum absolute atomic E-state index is 0.138. The lowest BCUT2D eigenvalue weighted by Crippen LogP contribution is -2.22. The molecular formula is C28H27N5O2S. The van der Waals surface area contributed by atoms with Crippen molar-refractivity contribution in [1.82, 2.24) is 19.2 Å². The number of para-hydroxylation sites is 1. The Morgan fingerprint density at radius 1 is 0.972 bits per heavy atom. The molecule has 2 heterocycles. The highest BCUT2D eigenvalue weighted by Crippen LogP contribution is 2.25. The van der Waals surface area contributed by atoms with Crippen LogP contribution < -0.4 is 10.9 Å². The Hall–Kier alpha value is -3.91. The fourth-order valence-corrected chi connectivity index (χ4v) is 4.99. The Morgan fingerprint density at radius 2 is 1.72 bits per heavy atom. The third-order valence-electron chi connectivity index (χ3n) is 6.41. The van der Waals surface area contributed by atoms with Crippen molar-refractivity contribution in [3.05, 3.63) is 93.8 Å². The number of fused-ring (bicyclic) bond motifs is 3. The number of nitrogens with one attached hydrogen (secondary N) is 1. The second kappa shape index (κ2) is 9.62. The average Bonchev–Trinajstić information content (AvgIpc) is 3.29. The van der Waals surface area contributed by atoms with Crippen molar-refractivity contribution in [3.63, 3.8) is 0 Å². The molecule has 1 N–H and O–H groups in total. The predicted octanol–water partition coefficient (Wildman–Crippen LogP) is 5.50. The Morgan fingerprint density at radius 3 is 2.47 bits per heavy atom. The van der Waals surface area contributed by atoms with Crippen LogP contribution in [0.2, 0.25) is 0 Å². The van der Waals surface area contributed by atoms with Crippen molar-refractivity contribution in [1.29, 1.82) is 0 Å². The highest BCUT2D eigenvalue weighted by atomic mass is 32.2. The minimum Gasteiger partial charge on any atom is -0.325 e. The van der Waals surface area contributed by atoms with E-state index in [0.29, 0.717) is 27.8 Å². The molecule has 3 aromatic carbocycles. The lowest BCUT2D eigenvalue weighted by atomic mass is 10.0. The number of amides is 1. The maximum absolute atomic E-state index is 13.6. The molecule has 0 aliphatic rings. The summed E-state index contributed by atoms with van der Waals surface area (Å²) in [6.45, 7) is 8.28. The van der Waals surface area contributed by atoms with Crippen molar-refractivity contribution < 1.29 is 4.79 Å². The molecule has 0 atom stereocenters. The summed E-state index contributed by atoms with van der Waals surface area (Å²) < 4.78 is 3.46. The summed E-state index contributed by atoms with van der Waals surface area (Å²) in [5.74, 6) is 0.868. The number of thioether (sulfide) groups is 1. The van der Waals surface area contributed by atoms with Gasteiger partial charge in [0.15, 0.2) is 5.16 Å². The van der Waals surface area contributed by atoms with Gasteiger partial charge in [0, 0.05) is 5.69 Å². The van der Waals surface area contributed by atoms with E-state index < -0.39 is 0 Å². The van der Waals surface area contributed by atoms with Crippen molar-refractivity contribution in [3.8, 4) is 5.69 Å².